The van der Waals surface area contributed by atoms with Crippen molar-refractivity contribution < 1.29 is 9.53 Å². The molecule has 0 fully saturated rings. The highest BCUT2D eigenvalue weighted by molar-refractivity contribution is 7.23. The molecule has 0 aliphatic rings. The Morgan fingerprint density at radius 1 is 1.18 bits per heavy atom. The lowest BCUT2D eigenvalue weighted by molar-refractivity contribution is 0.0980. The summed E-state index contributed by atoms with van der Waals surface area (Å²) in [5.41, 5.74) is 1.69. The smallest absolute Gasteiger partial charge is 0.280 e. The van der Waals surface area contributed by atoms with E-state index in [0.29, 0.717) is 21.4 Å². The Kier molecular flexibility index (Phi) is 5.14. The Labute approximate surface area is 169 Å². The first-order valence-electron chi connectivity index (χ1n) is 8.27. The summed E-state index contributed by atoms with van der Waals surface area (Å²) >= 11 is 7.66. The number of methoxy groups -OCH3 is 1. The van der Waals surface area contributed by atoms with E-state index in [-0.39, 0.29) is 18.1 Å². The molecule has 0 spiro atoms. The van der Waals surface area contributed by atoms with Gasteiger partial charge in [-0.25, -0.2) is 9.97 Å². The number of amides is 1. The lowest BCUT2D eigenvalue weighted by Gasteiger charge is -2.19. The van der Waals surface area contributed by atoms with Gasteiger partial charge < -0.3 is 4.74 Å². The minimum Gasteiger partial charge on any atom is -0.494 e. The van der Waals surface area contributed by atoms with Crippen LogP contribution >= 0.6 is 22.9 Å². The number of benzene rings is 1. The molecule has 140 valence electrons. The molecule has 1 amide bonds. The highest BCUT2D eigenvalue weighted by Crippen LogP contribution is 2.39. The summed E-state index contributed by atoms with van der Waals surface area (Å²) in [5.74, 6) is 0.279. The van der Waals surface area contributed by atoms with Crippen molar-refractivity contribution in [3.63, 3.8) is 0 Å². The summed E-state index contributed by atoms with van der Waals surface area (Å²) in [6.45, 7) is 0.281. The van der Waals surface area contributed by atoms with Gasteiger partial charge >= 0.3 is 0 Å². The molecule has 7 nitrogen and oxygen atoms in total. The molecule has 4 rings (SSSR count). The molecule has 0 radical (unpaired) electrons. The number of halogens is 1. The Morgan fingerprint density at radius 2 is 2.04 bits per heavy atom. The van der Waals surface area contributed by atoms with Gasteiger partial charge in [0, 0.05) is 24.8 Å². The van der Waals surface area contributed by atoms with Crippen molar-refractivity contribution in [2.24, 2.45) is 0 Å². The van der Waals surface area contributed by atoms with Gasteiger partial charge in [-0.3, -0.25) is 19.7 Å². The summed E-state index contributed by atoms with van der Waals surface area (Å²) < 4.78 is 6.14. The van der Waals surface area contributed by atoms with Gasteiger partial charge in [-0.2, -0.15) is 0 Å². The molecule has 3 aromatic heterocycles. The van der Waals surface area contributed by atoms with Crippen molar-refractivity contribution in [2.45, 2.75) is 6.54 Å². The topological polar surface area (TPSA) is 81.1 Å². The molecule has 0 saturated carbocycles. The highest BCUT2D eigenvalue weighted by Gasteiger charge is 2.24. The zero-order valence-electron chi connectivity index (χ0n) is 14.7. The van der Waals surface area contributed by atoms with Crippen LogP contribution in [0.5, 0.6) is 5.75 Å². The zero-order chi connectivity index (χ0) is 19.5. The van der Waals surface area contributed by atoms with E-state index in [1.165, 1.54) is 29.9 Å². The van der Waals surface area contributed by atoms with Gasteiger partial charge in [0.15, 0.2) is 5.13 Å². The number of ether oxygens (including phenoxy) is 1. The van der Waals surface area contributed by atoms with E-state index >= 15 is 0 Å². The van der Waals surface area contributed by atoms with Crippen LogP contribution in [0.3, 0.4) is 0 Å². The van der Waals surface area contributed by atoms with E-state index in [9.17, 15) is 4.79 Å². The maximum absolute atomic E-state index is 13.2. The molecule has 1 aromatic carbocycles. The Balaban J connectivity index is 1.82. The van der Waals surface area contributed by atoms with E-state index in [0.717, 1.165) is 10.3 Å². The van der Waals surface area contributed by atoms with Gasteiger partial charge in [0.1, 0.15) is 17.0 Å². The molecule has 28 heavy (non-hydrogen) atoms. The summed E-state index contributed by atoms with van der Waals surface area (Å²) in [5, 5.41) is 1.04. The monoisotopic (exact) mass is 411 g/mol. The molecule has 0 saturated heterocycles. The molecule has 3 heterocycles. The van der Waals surface area contributed by atoms with Crippen LogP contribution in [0.4, 0.5) is 5.13 Å². The summed E-state index contributed by atoms with van der Waals surface area (Å²) in [6.07, 6.45) is 7.82. The number of anilines is 1. The van der Waals surface area contributed by atoms with Crippen LogP contribution in [0.25, 0.3) is 10.2 Å². The van der Waals surface area contributed by atoms with Crippen molar-refractivity contribution in [1.82, 2.24) is 19.9 Å². The first-order valence-corrected chi connectivity index (χ1v) is 9.46. The second-order valence-electron chi connectivity index (χ2n) is 5.77. The molecular weight excluding hydrogens is 398 g/mol. The van der Waals surface area contributed by atoms with Gasteiger partial charge in [-0.05, 0) is 23.8 Å². The van der Waals surface area contributed by atoms with Crippen LogP contribution in [-0.4, -0.2) is 33.0 Å². The van der Waals surface area contributed by atoms with Crippen molar-refractivity contribution in [3.8, 4) is 5.75 Å². The lowest BCUT2D eigenvalue weighted by Crippen LogP contribution is -2.31. The second kappa shape index (κ2) is 7.87. The van der Waals surface area contributed by atoms with Crippen molar-refractivity contribution in [2.75, 3.05) is 12.0 Å². The Bertz CT molecular complexity index is 1120. The third-order valence-electron chi connectivity index (χ3n) is 3.99. The third-order valence-corrected chi connectivity index (χ3v) is 5.53. The van der Waals surface area contributed by atoms with Crippen molar-refractivity contribution in [3.05, 3.63) is 71.5 Å². The number of carbonyl (C=O) groups is 1. The number of fused-ring (bicyclic) bond motifs is 1. The van der Waals surface area contributed by atoms with Gasteiger partial charge in [-0.15, -0.1) is 0 Å². The summed E-state index contributed by atoms with van der Waals surface area (Å²) in [4.78, 5) is 31.6. The normalized spacial score (nSPS) is 10.8. The minimum atomic E-state index is -0.314. The van der Waals surface area contributed by atoms with E-state index < -0.39 is 0 Å². The fourth-order valence-electron chi connectivity index (χ4n) is 2.67. The molecule has 0 N–H and O–H groups in total. The first kappa shape index (κ1) is 18.3. The predicted octanol–water partition coefficient (Wildman–Crippen LogP) is 3.99. The number of pyridine rings is 1. The molecule has 0 bridgehead atoms. The molecule has 9 heteroatoms. The quantitative estimate of drug-likeness (QED) is 0.494. The molecule has 0 aliphatic heterocycles. The van der Waals surface area contributed by atoms with E-state index in [4.69, 9.17) is 16.3 Å². The number of thiazole rings is 1. The summed E-state index contributed by atoms with van der Waals surface area (Å²) in [6, 6.07) is 7.22. The Hall–Kier alpha value is -3.10. The third kappa shape index (κ3) is 3.51. The second-order valence-corrected chi connectivity index (χ2v) is 7.15. The number of hydrogen-bond donors (Lipinski definition) is 0. The number of aromatic nitrogens is 4. The predicted molar refractivity (Wildman–Crippen MR) is 108 cm³/mol. The van der Waals surface area contributed by atoms with Gasteiger partial charge in [0.2, 0.25) is 0 Å². The van der Waals surface area contributed by atoms with Crippen LogP contribution in [0, 0.1) is 0 Å². The summed E-state index contributed by atoms with van der Waals surface area (Å²) in [7, 11) is 1.57. The van der Waals surface area contributed by atoms with Crippen LogP contribution in [0.15, 0.2) is 55.2 Å². The van der Waals surface area contributed by atoms with Crippen molar-refractivity contribution in [1.29, 1.82) is 0 Å². The molecule has 0 atom stereocenters. The van der Waals surface area contributed by atoms with Gasteiger partial charge in [0.05, 0.1) is 29.6 Å². The average Bonchev–Trinajstić information content (AvgIpc) is 3.19. The largest absolute Gasteiger partial charge is 0.494 e. The van der Waals surface area contributed by atoms with Crippen LogP contribution in [0.1, 0.15) is 16.1 Å². The number of hydrogen-bond acceptors (Lipinski definition) is 7. The highest BCUT2D eigenvalue weighted by atomic mass is 35.5. The van der Waals surface area contributed by atoms with E-state index in [1.54, 1.807) is 36.5 Å². The van der Waals surface area contributed by atoms with E-state index in [1.807, 2.05) is 12.1 Å². The number of nitrogens with zero attached hydrogens (tertiary/aromatic N) is 5. The van der Waals surface area contributed by atoms with Crippen LogP contribution in [-0.2, 0) is 6.54 Å². The SMILES string of the molecule is COc1ccc(Cl)c2sc(N(Cc3cccnc3)C(=O)c3cnccn3)nc12. The van der Waals surface area contributed by atoms with Gasteiger partial charge in [0.25, 0.3) is 5.91 Å². The first-order chi connectivity index (χ1) is 13.7. The van der Waals surface area contributed by atoms with Gasteiger partial charge in [-0.1, -0.05) is 29.0 Å². The average molecular weight is 412 g/mol. The zero-order valence-corrected chi connectivity index (χ0v) is 16.3. The van der Waals surface area contributed by atoms with Crippen LogP contribution < -0.4 is 9.64 Å². The molecular formula is C19H14ClN5O2S. The lowest BCUT2D eigenvalue weighted by atomic mass is 10.2. The Morgan fingerprint density at radius 3 is 2.75 bits per heavy atom. The van der Waals surface area contributed by atoms with Crippen molar-refractivity contribution >= 4 is 44.2 Å². The number of carbonyl (C=O) groups excluding carboxylic acids is 1. The fourth-order valence-corrected chi connectivity index (χ4v) is 3.92. The maximum atomic E-state index is 13.2. The minimum absolute atomic E-state index is 0.226. The van der Waals surface area contributed by atoms with Crippen LogP contribution in [0.2, 0.25) is 5.02 Å². The maximum Gasteiger partial charge on any atom is 0.280 e. The molecule has 0 aliphatic carbocycles. The molecule has 0 unspecified atom stereocenters. The fraction of sp³-hybridized carbons (Fsp3) is 0.105. The van der Waals surface area contributed by atoms with E-state index in [2.05, 4.69) is 19.9 Å². The standard InChI is InChI=1S/C19H14ClN5O2S/c1-27-15-5-4-13(20)17-16(15)24-19(28-17)25(11-12-3-2-6-21-9-12)18(26)14-10-22-7-8-23-14/h2-10H,11H2,1H3. The number of rotatable bonds is 5. The molecule has 4 aromatic rings.